The predicted octanol–water partition coefficient (Wildman–Crippen LogP) is 3.29. The van der Waals surface area contributed by atoms with Crippen LogP contribution in [0, 0.1) is 17.2 Å². The van der Waals surface area contributed by atoms with Crippen molar-refractivity contribution < 1.29 is 20.1 Å². The molecule has 1 aromatic heterocycles. The lowest BCUT2D eigenvalue weighted by Crippen LogP contribution is -2.51. The SMILES string of the molecule is C=C([NH3+])[C@@H](C#N)C(=O)COC(=O)c1cc(-c2cccc(Br)c2)nc2ccccc12. The Bertz CT molecular complexity index is 1170. The molecule has 2 aromatic carbocycles. The first-order valence-electron chi connectivity index (χ1n) is 8.66. The maximum atomic E-state index is 12.8. The second-order valence-corrected chi connectivity index (χ2v) is 7.26. The quantitative estimate of drug-likeness (QED) is 0.579. The molecule has 0 amide bonds. The average molecular weight is 451 g/mol. The molecule has 3 aromatic rings. The van der Waals surface area contributed by atoms with Crippen molar-refractivity contribution in [3.63, 3.8) is 0 Å². The molecule has 7 heteroatoms. The molecule has 3 N–H and O–H groups in total. The van der Waals surface area contributed by atoms with Crippen LogP contribution in [0.2, 0.25) is 0 Å². The number of allylic oxidation sites excluding steroid dienone is 1. The Morgan fingerprint density at radius 1 is 1.21 bits per heavy atom. The molecule has 0 fully saturated rings. The van der Waals surface area contributed by atoms with Gasteiger partial charge in [0.25, 0.3) is 0 Å². The number of esters is 1. The number of quaternary nitrogens is 1. The number of ketones is 1. The Hall–Kier alpha value is -3.34. The van der Waals surface area contributed by atoms with Gasteiger partial charge in [-0.25, -0.2) is 9.78 Å². The minimum absolute atomic E-state index is 0.167. The molecule has 0 radical (unpaired) electrons. The Kier molecular flexibility index (Phi) is 6.17. The van der Waals surface area contributed by atoms with E-state index in [1.165, 1.54) is 0 Å². The fourth-order valence-electron chi connectivity index (χ4n) is 2.83. The van der Waals surface area contributed by atoms with Gasteiger partial charge in [-0.3, -0.25) is 4.79 Å². The minimum atomic E-state index is -1.10. The van der Waals surface area contributed by atoms with Crippen LogP contribution in [0.1, 0.15) is 10.4 Å². The lowest BCUT2D eigenvalue weighted by molar-refractivity contribution is -0.309. The number of halogens is 1. The van der Waals surface area contributed by atoms with Gasteiger partial charge in [-0.1, -0.05) is 46.3 Å². The number of para-hydroxylation sites is 1. The summed E-state index contributed by atoms with van der Waals surface area (Å²) in [6, 6.07) is 18.2. The molecular weight excluding hydrogens is 434 g/mol. The van der Waals surface area contributed by atoms with Crippen LogP contribution in [-0.2, 0) is 9.53 Å². The third-order valence-corrected chi connectivity index (χ3v) is 4.75. The molecule has 0 bridgehead atoms. The molecule has 0 aliphatic rings. The summed E-state index contributed by atoms with van der Waals surface area (Å²) in [7, 11) is 0. The van der Waals surface area contributed by atoms with Gasteiger partial charge in [0.05, 0.1) is 22.8 Å². The summed E-state index contributed by atoms with van der Waals surface area (Å²) in [6.07, 6.45) is 0. The number of pyridine rings is 1. The Balaban J connectivity index is 1.95. The van der Waals surface area contributed by atoms with Crippen LogP contribution in [0.3, 0.4) is 0 Å². The van der Waals surface area contributed by atoms with Gasteiger partial charge in [-0.2, -0.15) is 5.26 Å². The molecule has 0 saturated heterocycles. The number of Topliss-reactive ketones (excluding diaryl/α,β-unsaturated/α-hetero) is 1. The maximum absolute atomic E-state index is 12.8. The molecule has 29 heavy (non-hydrogen) atoms. The average Bonchev–Trinajstić information content (AvgIpc) is 2.71. The van der Waals surface area contributed by atoms with Crippen molar-refractivity contribution in [2.75, 3.05) is 6.61 Å². The lowest BCUT2D eigenvalue weighted by atomic mass is 10.0. The number of benzene rings is 2. The molecule has 1 heterocycles. The number of rotatable bonds is 6. The topological polar surface area (TPSA) is 108 Å². The fourth-order valence-corrected chi connectivity index (χ4v) is 3.23. The van der Waals surface area contributed by atoms with Gasteiger partial charge in [0.1, 0.15) is 5.70 Å². The summed E-state index contributed by atoms with van der Waals surface area (Å²) in [5.74, 6) is -2.33. The molecule has 1 atom stereocenters. The van der Waals surface area contributed by atoms with E-state index in [0.717, 1.165) is 10.0 Å². The summed E-state index contributed by atoms with van der Waals surface area (Å²) >= 11 is 3.43. The molecule has 6 nitrogen and oxygen atoms in total. The van der Waals surface area contributed by atoms with E-state index >= 15 is 0 Å². The van der Waals surface area contributed by atoms with Gasteiger partial charge in [0.15, 0.2) is 18.3 Å². The van der Waals surface area contributed by atoms with Crippen molar-refractivity contribution in [3.05, 3.63) is 76.9 Å². The predicted molar refractivity (Wildman–Crippen MR) is 111 cm³/mol. The van der Waals surface area contributed by atoms with E-state index in [1.807, 2.05) is 36.4 Å². The van der Waals surface area contributed by atoms with E-state index in [9.17, 15) is 9.59 Å². The van der Waals surface area contributed by atoms with Crippen LogP contribution < -0.4 is 5.73 Å². The van der Waals surface area contributed by atoms with Crippen molar-refractivity contribution >= 4 is 38.6 Å². The molecule has 0 aliphatic carbocycles. The van der Waals surface area contributed by atoms with Gasteiger partial charge in [-0.15, -0.1) is 0 Å². The number of aromatic nitrogens is 1. The van der Waals surface area contributed by atoms with E-state index in [2.05, 4.69) is 33.2 Å². The summed E-state index contributed by atoms with van der Waals surface area (Å²) in [5, 5.41) is 9.66. The number of fused-ring (bicyclic) bond motifs is 1. The summed E-state index contributed by atoms with van der Waals surface area (Å²) in [5.41, 5.74) is 6.03. The lowest BCUT2D eigenvalue weighted by Gasteiger charge is -2.11. The molecule has 0 aliphatic heterocycles. The molecule has 3 rings (SSSR count). The second-order valence-electron chi connectivity index (χ2n) is 6.35. The zero-order valence-corrected chi connectivity index (χ0v) is 17.0. The number of nitriles is 1. The van der Waals surface area contributed by atoms with Gasteiger partial charge in [-0.05, 0) is 30.8 Å². The van der Waals surface area contributed by atoms with Gasteiger partial charge in [0, 0.05) is 15.4 Å². The standard InChI is InChI=1S/C22H16BrN3O3/c1-13(25)18(11-24)21(27)12-29-22(28)17-10-20(14-5-4-6-15(23)9-14)26-19-8-3-2-7-16(17)19/h2-10,18H,1,12,25H2/p+1/t18-/m1/s1. The summed E-state index contributed by atoms with van der Waals surface area (Å²) < 4.78 is 6.08. The van der Waals surface area contributed by atoms with Crippen LogP contribution in [0.4, 0.5) is 0 Å². The number of carbonyl (C=O) groups is 2. The van der Waals surface area contributed by atoms with Crippen LogP contribution >= 0.6 is 15.9 Å². The van der Waals surface area contributed by atoms with Gasteiger partial charge < -0.3 is 10.5 Å². The molecule has 144 valence electrons. The van der Waals surface area contributed by atoms with E-state index in [1.54, 1.807) is 24.3 Å². The number of hydrogen-bond acceptors (Lipinski definition) is 5. The van der Waals surface area contributed by atoms with Crippen molar-refractivity contribution in [1.82, 2.24) is 4.98 Å². The first kappa shape index (κ1) is 20.4. The third kappa shape index (κ3) is 4.57. The molecular formula is C22H17BrN3O3+. The molecule has 0 spiro atoms. The Morgan fingerprint density at radius 3 is 2.66 bits per heavy atom. The normalized spacial score (nSPS) is 11.5. The van der Waals surface area contributed by atoms with E-state index in [4.69, 9.17) is 10.00 Å². The van der Waals surface area contributed by atoms with Crippen molar-refractivity contribution in [2.45, 2.75) is 0 Å². The number of carbonyl (C=O) groups excluding carboxylic acids is 2. The number of nitrogens with zero attached hydrogens (tertiary/aromatic N) is 2. The highest BCUT2D eigenvalue weighted by molar-refractivity contribution is 9.10. The highest BCUT2D eigenvalue weighted by Crippen LogP contribution is 2.27. The van der Waals surface area contributed by atoms with Gasteiger partial charge in [0.2, 0.25) is 0 Å². The van der Waals surface area contributed by atoms with Gasteiger partial charge >= 0.3 is 5.97 Å². The Morgan fingerprint density at radius 2 is 1.97 bits per heavy atom. The van der Waals surface area contributed by atoms with Crippen molar-refractivity contribution in [1.29, 1.82) is 5.26 Å². The van der Waals surface area contributed by atoms with Crippen LogP contribution in [0.25, 0.3) is 22.2 Å². The van der Waals surface area contributed by atoms with E-state index in [0.29, 0.717) is 22.2 Å². The largest absolute Gasteiger partial charge is 0.454 e. The van der Waals surface area contributed by atoms with Crippen molar-refractivity contribution in [3.8, 4) is 17.3 Å². The monoisotopic (exact) mass is 450 g/mol. The van der Waals surface area contributed by atoms with E-state index in [-0.39, 0.29) is 5.70 Å². The minimum Gasteiger partial charge on any atom is -0.454 e. The zero-order valence-electron chi connectivity index (χ0n) is 15.4. The molecule has 0 unspecified atom stereocenters. The van der Waals surface area contributed by atoms with E-state index < -0.39 is 24.3 Å². The highest BCUT2D eigenvalue weighted by atomic mass is 79.9. The number of hydrogen-bond donors (Lipinski definition) is 1. The fraction of sp³-hybridized carbons (Fsp3) is 0.0909. The second kappa shape index (κ2) is 8.78. The zero-order chi connectivity index (χ0) is 21.0. The van der Waals surface area contributed by atoms with Crippen LogP contribution in [-0.4, -0.2) is 23.3 Å². The first-order chi connectivity index (χ1) is 13.9. The molecule has 0 saturated carbocycles. The van der Waals surface area contributed by atoms with Crippen molar-refractivity contribution in [2.24, 2.45) is 5.92 Å². The third-order valence-electron chi connectivity index (χ3n) is 4.26. The smallest absolute Gasteiger partial charge is 0.339 e. The van der Waals surface area contributed by atoms with Crippen LogP contribution in [0.15, 0.2) is 71.3 Å². The summed E-state index contributed by atoms with van der Waals surface area (Å²) in [6.45, 7) is 2.99. The maximum Gasteiger partial charge on any atom is 0.339 e. The summed E-state index contributed by atoms with van der Waals surface area (Å²) in [4.78, 5) is 29.5. The highest BCUT2D eigenvalue weighted by Gasteiger charge is 2.24. The first-order valence-corrected chi connectivity index (χ1v) is 9.46. The Labute approximate surface area is 175 Å². The van der Waals surface area contributed by atoms with Crippen LogP contribution in [0.5, 0.6) is 0 Å². The number of ether oxygens (including phenoxy) is 1.